The third kappa shape index (κ3) is 4.94. The molecular weight excluding hydrogens is 259 g/mol. The highest BCUT2D eigenvalue weighted by atomic mass is 35.5. The highest BCUT2D eigenvalue weighted by Crippen LogP contribution is 2.04. The molecule has 2 N–H and O–H groups in total. The van der Waals surface area contributed by atoms with Crippen LogP contribution in [-0.4, -0.2) is 25.0 Å². The number of hydrogen-bond acceptors (Lipinski definition) is 2. The number of hydrogen-bond donors (Lipinski definition) is 2. The molecule has 96 valence electrons. The Hall–Kier alpha value is -0.770. The van der Waals surface area contributed by atoms with Crippen molar-refractivity contribution >= 4 is 30.7 Å². The average molecular weight is 277 g/mol. The second kappa shape index (κ2) is 8.34. The Bertz CT molecular complexity index is 327. The first-order chi connectivity index (χ1) is 7.36. The molecule has 1 fully saturated rings. The van der Waals surface area contributed by atoms with E-state index in [0.29, 0.717) is 6.04 Å². The van der Waals surface area contributed by atoms with Crippen molar-refractivity contribution < 1.29 is 4.79 Å². The second-order valence-electron chi connectivity index (χ2n) is 3.86. The van der Waals surface area contributed by atoms with E-state index in [2.05, 4.69) is 10.6 Å². The van der Waals surface area contributed by atoms with Crippen molar-refractivity contribution in [2.24, 2.45) is 0 Å². The van der Waals surface area contributed by atoms with Crippen LogP contribution in [0.4, 0.5) is 0 Å². The molecule has 0 atom stereocenters. The fraction of sp³-hybridized carbons (Fsp3) is 0.417. The standard InChI is InChI=1S/C12H16N2O.2ClH/c15-12(10-4-2-1-3-5-10)14-11-6-8-13-9-7-11;;/h1-5,11,13H,6-9H2,(H,14,15);2*1H. The van der Waals surface area contributed by atoms with Gasteiger partial charge in [0.2, 0.25) is 0 Å². The predicted molar refractivity (Wildman–Crippen MR) is 74.3 cm³/mol. The number of rotatable bonds is 2. The first-order valence-corrected chi connectivity index (χ1v) is 5.43. The van der Waals surface area contributed by atoms with Crippen molar-refractivity contribution in [3.8, 4) is 0 Å². The van der Waals surface area contributed by atoms with Gasteiger partial charge in [-0.15, -0.1) is 24.8 Å². The lowest BCUT2D eigenvalue weighted by Gasteiger charge is -2.23. The third-order valence-electron chi connectivity index (χ3n) is 2.71. The van der Waals surface area contributed by atoms with Crippen molar-refractivity contribution in [1.29, 1.82) is 0 Å². The van der Waals surface area contributed by atoms with Crippen molar-refractivity contribution in [2.45, 2.75) is 18.9 Å². The molecule has 1 saturated heterocycles. The molecule has 0 radical (unpaired) electrons. The van der Waals surface area contributed by atoms with E-state index in [-0.39, 0.29) is 30.7 Å². The maximum absolute atomic E-state index is 11.8. The van der Waals surface area contributed by atoms with Crippen LogP contribution in [0.2, 0.25) is 0 Å². The summed E-state index contributed by atoms with van der Waals surface area (Å²) < 4.78 is 0. The summed E-state index contributed by atoms with van der Waals surface area (Å²) in [5, 5.41) is 6.33. The van der Waals surface area contributed by atoms with Crippen LogP contribution in [0.5, 0.6) is 0 Å². The second-order valence-corrected chi connectivity index (χ2v) is 3.86. The largest absolute Gasteiger partial charge is 0.349 e. The Morgan fingerprint density at radius 1 is 1.12 bits per heavy atom. The van der Waals surface area contributed by atoms with Crippen LogP contribution < -0.4 is 10.6 Å². The van der Waals surface area contributed by atoms with E-state index in [1.165, 1.54) is 0 Å². The van der Waals surface area contributed by atoms with Crippen molar-refractivity contribution in [3.63, 3.8) is 0 Å². The highest BCUT2D eigenvalue weighted by molar-refractivity contribution is 5.94. The minimum absolute atomic E-state index is 0. The number of carbonyl (C=O) groups excluding carboxylic acids is 1. The zero-order valence-electron chi connectivity index (χ0n) is 9.52. The summed E-state index contributed by atoms with van der Waals surface area (Å²) in [5.74, 6) is 0.0440. The molecule has 0 saturated carbocycles. The number of halogens is 2. The van der Waals surface area contributed by atoms with Crippen LogP contribution in [0.1, 0.15) is 23.2 Å². The average Bonchev–Trinajstić information content (AvgIpc) is 2.31. The normalized spacial score (nSPS) is 15.3. The Morgan fingerprint density at radius 2 is 1.71 bits per heavy atom. The molecule has 5 heteroatoms. The van der Waals surface area contributed by atoms with Crippen LogP contribution >= 0.6 is 24.8 Å². The third-order valence-corrected chi connectivity index (χ3v) is 2.71. The zero-order valence-corrected chi connectivity index (χ0v) is 11.2. The van der Waals surface area contributed by atoms with Crippen LogP contribution in [0.15, 0.2) is 30.3 Å². The van der Waals surface area contributed by atoms with Gasteiger partial charge in [-0.3, -0.25) is 4.79 Å². The topological polar surface area (TPSA) is 41.1 Å². The van der Waals surface area contributed by atoms with Gasteiger partial charge in [-0.1, -0.05) is 18.2 Å². The number of carbonyl (C=O) groups is 1. The van der Waals surface area contributed by atoms with Gasteiger partial charge < -0.3 is 10.6 Å². The van der Waals surface area contributed by atoms with E-state index in [4.69, 9.17) is 0 Å². The van der Waals surface area contributed by atoms with E-state index in [1.807, 2.05) is 30.3 Å². The van der Waals surface area contributed by atoms with Crippen molar-refractivity contribution in [2.75, 3.05) is 13.1 Å². The molecule has 0 spiro atoms. The molecule has 1 aromatic rings. The summed E-state index contributed by atoms with van der Waals surface area (Å²) in [6.07, 6.45) is 2.05. The van der Waals surface area contributed by atoms with E-state index in [9.17, 15) is 4.79 Å². The smallest absolute Gasteiger partial charge is 0.251 e. The van der Waals surface area contributed by atoms with Gasteiger partial charge in [0.25, 0.3) is 5.91 Å². The molecule has 0 aromatic heterocycles. The lowest BCUT2D eigenvalue weighted by molar-refractivity contribution is 0.0929. The lowest BCUT2D eigenvalue weighted by Crippen LogP contribution is -2.42. The highest BCUT2D eigenvalue weighted by Gasteiger charge is 2.15. The van der Waals surface area contributed by atoms with Gasteiger partial charge in [0, 0.05) is 11.6 Å². The molecule has 3 nitrogen and oxygen atoms in total. The van der Waals surface area contributed by atoms with E-state index >= 15 is 0 Å². The number of nitrogens with one attached hydrogen (secondary N) is 2. The number of piperidine rings is 1. The Balaban J connectivity index is 0.00000128. The molecule has 1 amide bonds. The fourth-order valence-electron chi connectivity index (χ4n) is 1.82. The van der Waals surface area contributed by atoms with Gasteiger partial charge in [-0.05, 0) is 38.1 Å². The Labute approximate surface area is 114 Å². The first kappa shape index (κ1) is 16.2. The minimum Gasteiger partial charge on any atom is -0.349 e. The Morgan fingerprint density at radius 3 is 2.29 bits per heavy atom. The van der Waals surface area contributed by atoms with E-state index in [1.54, 1.807) is 0 Å². The van der Waals surface area contributed by atoms with Crippen LogP contribution in [0.25, 0.3) is 0 Å². The summed E-state index contributed by atoms with van der Waals surface area (Å²) in [5.41, 5.74) is 0.746. The van der Waals surface area contributed by atoms with Gasteiger partial charge in [0.1, 0.15) is 0 Å². The quantitative estimate of drug-likeness (QED) is 0.868. The van der Waals surface area contributed by atoms with Crippen LogP contribution in [0.3, 0.4) is 0 Å². The number of amides is 1. The molecule has 2 rings (SSSR count). The van der Waals surface area contributed by atoms with Gasteiger partial charge in [0.15, 0.2) is 0 Å². The summed E-state index contributed by atoms with van der Waals surface area (Å²) in [4.78, 5) is 11.8. The fourth-order valence-corrected chi connectivity index (χ4v) is 1.82. The molecule has 0 unspecified atom stereocenters. The van der Waals surface area contributed by atoms with Gasteiger partial charge in [-0.2, -0.15) is 0 Å². The minimum atomic E-state index is 0. The summed E-state index contributed by atoms with van der Waals surface area (Å²) in [6.45, 7) is 2.00. The molecule has 1 heterocycles. The summed E-state index contributed by atoms with van der Waals surface area (Å²) in [7, 11) is 0. The maximum atomic E-state index is 11.8. The van der Waals surface area contributed by atoms with Crippen LogP contribution in [-0.2, 0) is 0 Å². The summed E-state index contributed by atoms with van der Waals surface area (Å²) in [6, 6.07) is 9.71. The number of benzene rings is 1. The van der Waals surface area contributed by atoms with E-state index < -0.39 is 0 Å². The van der Waals surface area contributed by atoms with Gasteiger partial charge in [0.05, 0.1) is 0 Å². The van der Waals surface area contributed by atoms with E-state index in [0.717, 1.165) is 31.5 Å². The van der Waals surface area contributed by atoms with Gasteiger partial charge in [-0.25, -0.2) is 0 Å². The predicted octanol–water partition coefficient (Wildman–Crippen LogP) is 2.01. The zero-order chi connectivity index (χ0) is 10.5. The maximum Gasteiger partial charge on any atom is 0.251 e. The first-order valence-electron chi connectivity index (χ1n) is 5.43. The summed E-state index contributed by atoms with van der Waals surface area (Å²) >= 11 is 0. The molecular formula is C12H18Cl2N2O. The molecule has 0 bridgehead atoms. The molecule has 1 aliphatic heterocycles. The van der Waals surface area contributed by atoms with Crippen molar-refractivity contribution in [3.05, 3.63) is 35.9 Å². The SMILES string of the molecule is Cl.Cl.O=C(NC1CCNCC1)c1ccccc1. The molecule has 0 aliphatic carbocycles. The van der Waals surface area contributed by atoms with Gasteiger partial charge >= 0.3 is 0 Å². The van der Waals surface area contributed by atoms with Crippen LogP contribution in [0, 0.1) is 0 Å². The monoisotopic (exact) mass is 276 g/mol. The lowest BCUT2D eigenvalue weighted by atomic mass is 10.1. The van der Waals surface area contributed by atoms with Crippen molar-refractivity contribution in [1.82, 2.24) is 10.6 Å². The Kier molecular flexibility index (Phi) is 7.96. The molecule has 1 aromatic carbocycles. The molecule has 17 heavy (non-hydrogen) atoms. The molecule has 1 aliphatic rings.